The second kappa shape index (κ2) is 5.35. The maximum absolute atomic E-state index is 12.5. The molecule has 0 atom stereocenters. The lowest BCUT2D eigenvalue weighted by Crippen LogP contribution is -2.53. The van der Waals surface area contributed by atoms with E-state index in [9.17, 15) is 9.59 Å². The highest BCUT2D eigenvalue weighted by atomic mass is 16.5. The minimum Gasteiger partial charge on any atom is -0.480 e. The first-order valence-corrected chi connectivity index (χ1v) is 7.65. The molecule has 0 heterocycles. The number of ether oxygens (including phenoxy) is 1. The van der Waals surface area contributed by atoms with Crippen LogP contribution < -0.4 is 5.32 Å². The van der Waals surface area contributed by atoms with Crippen molar-refractivity contribution in [2.75, 3.05) is 19.8 Å². The lowest BCUT2D eigenvalue weighted by atomic mass is 9.49. The van der Waals surface area contributed by atoms with Crippen molar-refractivity contribution in [3.8, 4) is 0 Å². The molecule has 0 aromatic carbocycles. The average Bonchev–Trinajstić information content (AvgIpc) is 2.36. The Bertz CT molecular complexity index is 371. The summed E-state index contributed by atoms with van der Waals surface area (Å²) in [6.07, 6.45) is 7.15. The highest BCUT2D eigenvalue weighted by Gasteiger charge is 2.54. The van der Waals surface area contributed by atoms with E-state index in [0.29, 0.717) is 6.54 Å². The van der Waals surface area contributed by atoms with Crippen LogP contribution in [0.1, 0.15) is 38.5 Å². The number of hydrogen-bond acceptors (Lipinski definition) is 3. The van der Waals surface area contributed by atoms with Gasteiger partial charge in [-0.25, -0.2) is 4.79 Å². The van der Waals surface area contributed by atoms with Crippen molar-refractivity contribution >= 4 is 11.9 Å². The summed E-state index contributed by atoms with van der Waals surface area (Å²) < 4.78 is 4.95. The van der Waals surface area contributed by atoms with Crippen LogP contribution in [0.25, 0.3) is 0 Å². The Balaban J connectivity index is 1.48. The maximum Gasteiger partial charge on any atom is 0.329 e. The molecule has 4 aliphatic carbocycles. The van der Waals surface area contributed by atoms with E-state index in [2.05, 4.69) is 5.32 Å². The molecule has 5 heteroatoms. The molecule has 4 aliphatic rings. The third kappa shape index (κ3) is 2.68. The third-order valence-electron chi connectivity index (χ3n) is 5.28. The van der Waals surface area contributed by atoms with Crippen LogP contribution in [0.5, 0.6) is 0 Å². The molecule has 0 saturated heterocycles. The highest BCUT2D eigenvalue weighted by molar-refractivity contribution is 5.83. The fraction of sp³-hybridized carbons (Fsp3) is 0.867. The zero-order valence-corrected chi connectivity index (χ0v) is 11.8. The van der Waals surface area contributed by atoms with Gasteiger partial charge < -0.3 is 15.2 Å². The molecule has 0 aromatic heterocycles. The van der Waals surface area contributed by atoms with Crippen LogP contribution in [0.2, 0.25) is 0 Å². The van der Waals surface area contributed by atoms with Gasteiger partial charge in [0.05, 0.1) is 6.61 Å². The fourth-order valence-corrected chi connectivity index (χ4v) is 4.97. The Morgan fingerprint density at radius 1 is 1.10 bits per heavy atom. The van der Waals surface area contributed by atoms with Crippen molar-refractivity contribution in [1.82, 2.24) is 5.32 Å². The predicted octanol–water partition coefficient (Wildman–Crippen LogP) is 1.42. The van der Waals surface area contributed by atoms with E-state index in [1.54, 1.807) is 0 Å². The van der Waals surface area contributed by atoms with E-state index in [1.807, 2.05) is 0 Å². The Morgan fingerprint density at radius 3 is 2.15 bits per heavy atom. The van der Waals surface area contributed by atoms with Crippen molar-refractivity contribution in [2.45, 2.75) is 38.5 Å². The summed E-state index contributed by atoms with van der Waals surface area (Å²) in [5.74, 6) is 1.48. The van der Waals surface area contributed by atoms with Crippen molar-refractivity contribution in [2.24, 2.45) is 23.2 Å². The zero-order chi connectivity index (χ0) is 14.2. The second-order valence-corrected chi connectivity index (χ2v) is 6.90. The van der Waals surface area contributed by atoms with E-state index in [1.165, 1.54) is 19.3 Å². The number of carboxylic acid groups (broad SMARTS) is 1. The number of amides is 1. The Labute approximate surface area is 119 Å². The standard InChI is InChI=1S/C15H23NO4/c17-13(18)9-20-2-1-16-14(19)15-6-10-3-11(7-15)5-12(4-10)8-15/h10-12H,1-9H2,(H,16,19)(H,17,18). The summed E-state index contributed by atoms with van der Waals surface area (Å²) in [6, 6.07) is 0. The van der Waals surface area contributed by atoms with Gasteiger partial charge in [-0.1, -0.05) is 0 Å². The summed E-state index contributed by atoms with van der Waals surface area (Å²) in [7, 11) is 0. The van der Waals surface area contributed by atoms with Gasteiger partial charge in [0.25, 0.3) is 0 Å². The molecule has 1 amide bonds. The van der Waals surface area contributed by atoms with Crippen LogP contribution >= 0.6 is 0 Å². The van der Waals surface area contributed by atoms with Gasteiger partial charge in [0.1, 0.15) is 6.61 Å². The third-order valence-corrected chi connectivity index (χ3v) is 5.28. The molecule has 4 bridgehead atoms. The Hall–Kier alpha value is -1.10. The second-order valence-electron chi connectivity index (χ2n) is 6.90. The maximum atomic E-state index is 12.5. The molecular weight excluding hydrogens is 258 g/mol. The summed E-state index contributed by atoms with van der Waals surface area (Å²) in [6.45, 7) is 0.380. The van der Waals surface area contributed by atoms with Gasteiger partial charge >= 0.3 is 5.97 Å². The van der Waals surface area contributed by atoms with Gasteiger partial charge in [-0.2, -0.15) is 0 Å². The van der Waals surface area contributed by atoms with Crippen LogP contribution in [0.15, 0.2) is 0 Å². The first-order valence-electron chi connectivity index (χ1n) is 7.65. The number of rotatable bonds is 6. The Morgan fingerprint density at radius 2 is 1.65 bits per heavy atom. The fourth-order valence-electron chi connectivity index (χ4n) is 4.97. The normalized spacial score (nSPS) is 37.9. The van der Waals surface area contributed by atoms with Crippen LogP contribution in [-0.4, -0.2) is 36.7 Å². The molecule has 5 nitrogen and oxygen atoms in total. The summed E-state index contributed by atoms with van der Waals surface area (Å²) in [5, 5.41) is 11.4. The summed E-state index contributed by atoms with van der Waals surface area (Å²) in [5.41, 5.74) is -0.123. The lowest BCUT2D eigenvalue weighted by molar-refractivity contribution is -0.146. The van der Waals surface area contributed by atoms with Gasteiger partial charge in [0.2, 0.25) is 5.91 Å². The molecule has 4 fully saturated rings. The van der Waals surface area contributed by atoms with Crippen LogP contribution in [0.3, 0.4) is 0 Å². The first kappa shape index (κ1) is 13.9. The number of carbonyl (C=O) groups is 2. The molecule has 0 aromatic rings. The van der Waals surface area contributed by atoms with Crippen LogP contribution in [-0.2, 0) is 14.3 Å². The van der Waals surface area contributed by atoms with E-state index < -0.39 is 5.97 Å². The smallest absolute Gasteiger partial charge is 0.329 e. The van der Waals surface area contributed by atoms with Crippen LogP contribution in [0.4, 0.5) is 0 Å². The molecule has 4 rings (SSSR count). The zero-order valence-electron chi connectivity index (χ0n) is 11.8. The van der Waals surface area contributed by atoms with E-state index in [0.717, 1.165) is 37.0 Å². The molecule has 0 spiro atoms. The largest absolute Gasteiger partial charge is 0.480 e. The molecule has 0 unspecified atom stereocenters. The van der Waals surface area contributed by atoms with Gasteiger partial charge in [0.15, 0.2) is 0 Å². The minimum absolute atomic E-state index is 0.123. The molecule has 20 heavy (non-hydrogen) atoms. The van der Waals surface area contributed by atoms with Gasteiger partial charge in [-0.3, -0.25) is 4.79 Å². The topological polar surface area (TPSA) is 75.6 Å². The predicted molar refractivity (Wildman–Crippen MR) is 72.1 cm³/mol. The van der Waals surface area contributed by atoms with Crippen LogP contribution in [0, 0.1) is 23.2 Å². The number of hydrogen-bond donors (Lipinski definition) is 2. The number of carbonyl (C=O) groups excluding carboxylic acids is 1. The monoisotopic (exact) mass is 281 g/mol. The molecular formula is C15H23NO4. The quantitative estimate of drug-likeness (QED) is 0.722. The van der Waals surface area contributed by atoms with Gasteiger partial charge in [0, 0.05) is 12.0 Å². The summed E-state index contributed by atoms with van der Waals surface area (Å²) >= 11 is 0. The molecule has 4 saturated carbocycles. The molecule has 0 aliphatic heterocycles. The van der Waals surface area contributed by atoms with E-state index in [-0.39, 0.29) is 24.5 Å². The van der Waals surface area contributed by atoms with Gasteiger partial charge in [-0.15, -0.1) is 0 Å². The van der Waals surface area contributed by atoms with Gasteiger partial charge in [-0.05, 0) is 56.3 Å². The van der Waals surface area contributed by atoms with Crippen molar-refractivity contribution < 1.29 is 19.4 Å². The molecule has 112 valence electrons. The molecule has 0 radical (unpaired) electrons. The van der Waals surface area contributed by atoms with Crippen molar-refractivity contribution in [1.29, 1.82) is 0 Å². The van der Waals surface area contributed by atoms with E-state index in [4.69, 9.17) is 9.84 Å². The average molecular weight is 281 g/mol. The number of carboxylic acids is 1. The minimum atomic E-state index is -0.975. The van der Waals surface area contributed by atoms with Crippen molar-refractivity contribution in [3.05, 3.63) is 0 Å². The highest BCUT2D eigenvalue weighted by Crippen LogP contribution is 2.60. The lowest BCUT2D eigenvalue weighted by Gasteiger charge is -2.55. The first-order chi connectivity index (χ1) is 9.57. The number of nitrogens with one attached hydrogen (secondary N) is 1. The van der Waals surface area contributed by atoms with E-state index >= 15 is 0 Å². The number of aliphatic carboxylic acids is 1. The summed E-state index contributed by atoms with van der Waals surface area (Å²) in [4.78, 5) is 22.8. The molecule has 2 N–H and O–H groups in total. The van der Waals surface area contributed by atoms with Crippen molar-refractivity contribution in [3.63, 3.8) is 0 Å². The SMILES string of the molecule is O=C(O)COCCNC(=O)C12CC3CC(CC(C3)C1)C2. The Kier molecular flexibility index (Phi) is 3.71.